The maximum Gasteiger partial charge on any atom is 0.339 e. The van der Waals surface area contributed by atoms with Gasteiger partial charge in [-0.25, -0.2) is 4.79 Å². The Labute approximate surface area is 186 Å². The van der Waals surface area contributed by atoms with Crippen LogP contribution in [0.4, 0.5) is 0 Å². The highest BCUT2D eigenvalue weighted by Crippen LogP contribution is 2.46. The molecule has 0 saturated carbocycles. The number of hydrogen-bond acceptors (Lipinski definition) is 4. The third kappa shape index (κ3) is 3.61. The summed E-state index contributed by atoms with van der Waals surface area (Å²) in [5.41, 5.74) is 2.54. The van der Waals surface area contributed by atoms with Gasteiger partial charge >= 0.3 is 5.97 Å². The lowest BCUT2D eigenvalue weighted by atomic mass is 9.77. The number of rotatable bonds is 4. The molecule has 2 atom stereocenters. The Bertz CT molecular complexity index is 1090. The summed E-state index contributed by atoms with van der Waals surface area (Å²) < 4.78 is 7.46. The number of fused-ring (bicyclic) bond motifs is 3. The van der Waals surface area contributed by atoms with E-state index < -0.39 is 5.97 Å². The molecule has 1 aliphatic heterocycles. The van der Waals surface area contributed by atoms with E-state index in [-0.39, 0.29) is 28.9 Å². The standard InChI is InChI=1S/C24H28N2O4S/c1-24(2,3)25(4)22(27)18-13-17(20-7-6-10-31-20)21-15-12-16(23(28)29)19(30-5)11-14(15)8-9-26(18)21/h6-7,10-15H,8-9H2,1-5H3,(H,28,29). The maximum absolute atomic E-state index is 13.4. The Kier molecular flexibility index (Phi) is 5.33. The van der Waals surface area contributed by atoms with Crippen molar-refractivity contribution in [3.05, 3.63) is 58.5 Å². The molecule has 164 valence electrons. The second kappa shape index (κ2) is 7.71. The van der Waals surface area contributed by atoms with Crippen LogP contribution in [-0.4, -0.2) is 46.1 Å². The monoisotopic (exact) mass is 440 g/mol. The Morgan fingerprint density at radius 3 is 2.61 bits per heavy atom. The Hall–Kier alpha value is -2.80. The topological polar surface area (TPSA) is 71.8 Å². The third-order valence-corrected chi connectivity index (χ3v) is 7.25. The summed E-state index contributed by atoms with van der Waals surface area (Å²) in [5.74, 6) is -0.618. The molecule has 7 heteroatoms. The summed E-state index contributed by atoms with van der Waals surface area (Å²) >= 11 is 1.62. The van der Waals surface area contributed by atoms with Gasteiger partial charge in [0, 0.05) is 41.2 Å². The quantitative estimate of drug-likeness (QED) is 0.745. The fourth-order valence-electron chi connectivity index (χ4n) is 4.40. The molecule has 0 aromatic carbocycles. The summed E-state index contributed by atoms with van der Waals surface area (Å²) in [4.78, 5) is 28.2. The minimum atomic E-state index is -1.00. The zero-order valence-corrected chi connectivity index (χ0v) is 19.3. The van der Waals surface area contributed by atoms with Crippen LogP contribution in [0.3, 0.4) is 0 Å². The molecule has 1 aliphatic carbocycles. The van der Waals surface area contributed by atoms with Crippen molar-refractivity contribution in [2.24, 2.45) is 5.92 Å². The molecule has 0 bridgehead atoms. The van der Waals surface area contributed by atoms with E-state index in [4.69, 9.17) is 4.74 Å². The molecule has 1 amide bonds. The number of carboxylic acid groups (broad SMARTS) is 1. The lowest BCUT2D eigenvalue weighted by Gasteiger charge is -2.36. The predicted octanol–water partition coefficient (Wildman–Crippen LogP) is 4.75. The van der Waals surface area contributed by atoms with Gasteiger partial charge in [-0.1, -0.05) is 12.1 Å². The number of nitrogens with zero attached hydrogens (tertiary/aromatic N) is 2. The van der Waals surface area contributed by atoms with Crippen LogP contribution in [0.15, 0.2) is 47.1 Å². The number of aromatic nitrogens is 1. The number of carboxylic acids is 1. The van der Waals surface area contributed by atoms with E-state index in [0.29, 0.717) is 18.0 Å². The summed E-state index contributed by atoms with van der Waals surface area (Å²) in [6.07, 6.45) is 4.55. The van der Waals surface area contributed by atoms with E-state index >= 15 is 0 Å². The summed E-state index contributed by atoms with van der Waals surface area (Å²) in [6.45, 7) is 6.74. The van der Waals surface area contributed by atoms with Crippen LogP contribution in [0.5, 0.6) is 0 Å². The van der Waals surface area contributed by atoms with E-state index in [1.807, 2.05) is 57.5 Å². The summed E-state index contributed by atoms with van der Waals surface area (Å²) in [6, 6.07) is 6.03. The first-order valence-corrected chi connectivity index (χ1v) is 11.3. The second-order valence-corrected chi connectivity index (χ2v) is 10.0. The fraction of sp³-hybridized carbons (Fsp3) is 0.417. The predicted molar refractivity (Wildman–Crippen MR) is 121 cm³/mol. The normalized spacial score (nSPS) is 20.3. The number of carbonyl (C=O) groups excluding carboxylic acids is 1. The van der Waals surface area contributed by atoms with Gasteiger partial charge in [-0.2, -0.15) is 0 Å². The highest BCUT2D eigenvalue weighted by Gasteiger charge is 2.38. The van der Waals surface area contributed by atoms with Crippen molar-refractivity contribution in [2.45, 2.75) is 45.2 Å². The molecule has 2 aliphatic rings. The van der Waals surface area contributed by atoms with Crippen molar-refractivity contribution in [2.75, 3.05) is 14.2 Å². The van der Waals surface area contributed by atoms with Crippen LogP contribution >= 0.6 is 11.3 Å². The first-order chi connectivity index (χ1) is 14.6. The van der Waals surface area contributed by atoms with Crippen LogP contribution in [0.25, 0.3) is 10.4 Å². The average Bonchev–Trinajstić information content (AvgIpc) is 3.38. The summed E-state index contributed by atoms with van der Waals surface area (Å²) in [5, 5.41) is 11.8. The molecule has 0 saturated heterocycles. The lowest BCUT2D eigenvalue weighted by Crippen LogP contribution is -2.43. The Morgan fingerprint density at radius 2 is 2.03 bits per heavy atom. The molecule has 2 unspecified atom stereocenters. The van der Waals surface area contributed by atoms with Gasteiger partial charge in [0.25, 0.3) is 5.91 Å². The molecular weight excluding hydrogens is 412 g/mol. The molecular formula is C24H28N2O4S. The van der Waals surface area contributed by atoms with Gasteiger partial charge in [0.15, 0.2) is 0 Å². The van der Waals surface area contributed by atoms with Crippen LogP contribution in [-0.2, 0) is 16.1 Å². The lowest BCUT2D eigenvalue weighted by molar-refractivity contribution is -0.132. The number of methoxy groups -OCH3 is 1. The number of carbonyl (C=O) groups is 2. The van der Waals surface area contributed by atoms with Gasteiger partial charge in [-0.15, -0.1) is 11.3 Å². The maximum atomic E-state index is 13.4. The van der Waals surface area contributed by atoms with Gasteiger partial charge in [-0.3, -0.25) is 4.79 Å². The zero-order valence-electron chi connectivity index (χ0n) is 18.5. The SMILES string of the molecule is COC1=CC2CCn3c(C(=O)N(C)C(C)(C)C)cc(-c4cccs4)c3C2C=C1C(=O)O. The number of aliphatic carboxylic acids is 1. The highest BCUT2D eigenvalue weighted by atomic mass is 32.1. The Balaban J connectivity index is 1.90. The molecule has 31 heavy (non-hydrogen) atoms. The average molecular weight is 441 g/mol. The van der Waals surface area contributed by atoms with E-state index in [1.54, 1.807) is 22.3 Å². The molecule has 2 aromatic rings. The minimum absolute atomic E-state index is 0.0265. The first kappa shape index (κ1) is 21.4. The molecule has 1 N–H and O–H groups in total. The van der Waals surface area contributed by atoms with Crippen LogP contribution < -0.4 is 0 Å². The summed E-state index contributed by atoms with van der Waals surface area (Å²) in [7, 11) is 3.33. The van der Waals surface area contributed by atoms with E-state index in [1.165, 1.54) is 7.11 Å². The Morgan fingerprint density at radius 1 is 1.29 bits per heavy atom. The van der Waals surface area contributed by atoms with Crippen molar-refractivity contribution in [1.82, 2.24) is 9.47 Å². The molecule has 0 fully saturated rings. The number of allylic oxidation sites excluding steroid dienone is 2. The van der Waals surface area contributed by atoms with E-state index in [0.717, 1.165) is 22.6 Å². The highest BCUT2D eigenvalue weighted by molar-refractivity contribution is 7.13. The van der Waals surface area contributed by atoms with Gasteiger partial charge in [0.05, 0.1) is 12.7 Å². The molecule has 3 heterocycles. The van der Waals surface area contributed by atoms with Gasteiger partial charge in [0.2, 0.25) is 0 Å². The van der Waals surface area contributed by atoms with Gasteiger partial charge < -0.3 is 19.3 Å². The van der Waals surface area contributed by atoms with Crippen LogP contribution in [0.2, 0.25) is 0 Å². The van der Waals surface area contributed by atoms with Gasteiger partial charge in [-0.05, 0) is 56.7 Å². The van der Waals surface area contributed by atoms with Crippen molar-refractivity contribution < 1.29 is 19.4 Å². The van der Waals surface area contributed by atoms with Crippen LogP contribution in [0, 0.1) is 5.92 Å². The van der Waals surface area contributed by atoms with Crippen molar-refractivity contribution >= 4 is 23.2 Å². The number of amides is 1. The smallest absolute Gasteiger partial charge is 0.339 e. The molecule has 4 rings (SSSR count). The molecule has 6 nitrogen and oxygen atoms in total. The van der Waals surface area contributed by atoms with Crippen molar-refractivity contribution in [1.29, 1.82) is 0 Å². The number of hydrogen-bond donors (Lipinski definition) is 1. The molecule has 0 radical (unpaired) electrons. The van der Waals surface area contributed by atoms with Gasteiger partial charge in [0.1, 0.15) is 11.5 Å². The first-order valence-electron chi connectivity index (χ1n) is 10.4. The fourth-order valence-corrected chi connectivity index (χ4v) is 5.15. The van der Waals surface area contributed by atoms with Crippen LogP contribution in [0.1, 0.15) is 49.3 Å². The van der Waals surface area contributed by atoms with Crippen molar-refractivity contribution in [3.63, 3.8) is 0 Å². The zero-order chi connectivity index (χ0) is 22.5. The number of thiophene rings is 1. The second-order valence-electron chi connectivity index (χ2n) is 9.09. The molecule has 2 aromatic heterocycles. The third-order valence-electron chi connectivity index (χ3n) is 6.35. The van der Waals surface area contributed by atoms with E-state index in [2.05, 4.69) is 4.57 Å². The van der Waals surface area contributed by atoms with Crippen molar-refractivity contribution in [3.8, 4) is 10.4 Å². The van der Waals surface area contributed by atoms with E-state index in [9.17, 15) is 14.7 Å². The largest absolute Gasteiger partial charge is 0.496 e. The molecule has 0 spiro atoms. The number of ether oxygens (including phenoxy) is 1. The minimum Gasteiger partial charge on any atom is -0.496 e.